The minimum atomic E-state index is -0.699. The van der Waals surface area contributed by atoms with Gasteiger partial charge in [-0.3, -0.25) is 14.3 Å². The van der Waals surface area contributed by atoms with E-state index in [0.29, 0.717) is 35.1 Å². The maximum absolute atomic E-state index is 13.1. The molecule has 0 unspecified atom stereocenters. The predicted molar refractivity (Wildman–Crippen MR) is 131 cm³/mol. The first-order valence-electron chi connectivity index (χ1n) is 10.8. The molecular formula is C24H26ClN5O4. The van der Waals surface area contributed by atoms with E-state index in [2.05, 4.69) is 10.6 Å². The number of aryl methyl sites for hydroxylation is 1. The summed E-state index contributed by atoms with van der Waals surface area (Å²) in [4.78, 5) is 39.7. The number of aromatic nitrogens is 2. The van der Waals surface area contributed by atoms with Gasteiger partial charge in [0, 0.05) is 55.3 Å². The maximum Gasteiger partial charge on any atom is 0.322 e. The van der Waals surface area contributed by atoms with Crippen molar-refractivity contribution in [2.75, 3.05) is 24.3 Å². The first kappa shape index (κ1) is 23.6. The van der Waals surface area contributed by atoms with E-state index < -0.39 is 12.1 Å². The minimum Gasteiger partial charge on any atom is -0.380 e. The fourth-order valence-corrected chi connectivity index (χ4v) is 4.15. The van der Waals surface area contributed by atoms with Crippen LogP contribution in [0.15, 0.2) is 59.4 Å². The van der Waals surface area contributed by atoms with Crippen molar-refractivity contribution in [3.05, 3.63) is 75.7 Å². The summed E-state index contributed by atoms with van der Waals surface area (Å²) in [5.41, 5.74) is 2.54. The number of carbonyl (C=O) groups is 2. The number of anilines is 2. The summed E-state index contributed by atoms with van der Waals surface area (Å²) in [6.07, 6.45) is 0.133. The lowest BCUT2D eigenvalue weighted by Crippen LogP contribution is -2.45. The number of ether oxygens (including phenoxy) is 1. The van der Waals surface area contributed by atoms with Crippen molar-refractivity contribution < 1.29 is 14.3 Å². The normalized spacial score (nSPS) is 17.6. The molecule has 2 aromatic carbocycles. The Morgan fingerprint density at radius 2 is 1.65 bits per heavy atom. The average Bonchev–Trinajstić information content (AvgIpc) is 3.37. The van der Waals surface area contributed by atoms with Crippen molar-refractivity contribution in [3.63, 3.8) is 0 Å². The second-order valence-corrected chi connectivity index (χ2v) is 8.63. The van der Waals surface area contributed by atoms with Crippen LogP contribution in [0.25, 0.3) is 5.69 Å². The maximum atomic E-state index is 13.1. The molecule has 3 amide bonds. The van der Waals surface area contributed by atoms with Crippen LogP contribution in [0.3, 0.4) is 0 Å². The minimum absolute atomic E-state index is 0.129. The summed E-state index contributed by atoms with van der Waals surface area (Å²) >= 11 is 5.91. The Balaban J connectivity index is 1.47. The summed E-state index contributed by atoms with van der Waals surface area (Å²) in [5, 5.41) is 6.23. The zero-order chi connectivity index (χ0) is 24.4. The molecule has 178 valence electrons. The van der Waals surface area contributed by atoms with Gasteiger partial charge >= 0.3 is 6.03 Å². The standard InChI is InChI=1S/C24H26ClN5O4/c1-15-12-22(31)30(28(15)2)19-10-8-17(9-11-19)26-23(32)21-13-20(34-3)14-29(21)24(33)27-18-6-4-16(25)5-7-18/h4-12,20-21H,13-14H2,1-3H3,(H,26,32)(H,27,33)/t20-,21-/m1/s1. The summed E-state index contributed by atoms with van der Waals surface area (Å²) in [6, 6.07) is 14.2. The van der Waals surface area contributed by atoms with Crippen molar-refractivity contribution in [2.24, 2.45) is 7.05 Å². The van der Waals surface area contributed by atoms with Gasteiger partial charge in [0.1, 0.15) is 6.04 Å². The number of nitrogens with one attached hydrogen (secondary N) is 2. The lowest BCUT2D eigenvalue weighted by Gasteiger charge is -2.24. The number of hydrogen-bond donors (Lipinski definition) is 2. The predicted octanol–water partition coefficient (Wildman–Crippen LogP) is 3.40. The van der Waals surface area contributed by atoms with Gasteiger partial charge in [0.15, 0.2) is 0 Å². The van der Waals surface area contributed by atoms with Gasteiger partial charge in [0.25, 0.3) is 5.56 Å². The molecule has 34 heavy (non-hydrogen) atoms. The molecule has 1 aromatic heterocycles. The van der Waals surface area contributed by atoms with Crippen molar-refractivity contribution in [2.45, 2.75) is 25.5 Å². The molecule has 2 heterocycles. The Morgan fingerprint density at radius 1 is 1.03 bits per heavy atom. The third-order valence-electron chi connectivity index (χ3n) is 5.99. The molecule has 2 atom stereocenters. The van der Waals surface area contributed by atoms with Crippen molar-refractivity contribution >= 4 is 34.9 Å². The Hall–Kier alpha value is -3.56. The fourth-order valence-electron chi connectivity index (χ4n) is 4.02. The quantitative estimate of drug-likeness (QED) is 0.581. The number of benzene rings is 2. The second-order valence-electron chi connectivity index (χ2n) is 8.19. The largest absolute Gasteiger partial charge is 0.380 e. The Kier molecular flexibility index (Phi) is 6.76. The molecular weight excluding hydrogens is 458 g/mol. The number of likely N-dealkylation sites (tertiary alicyclic amines) is 1. The fraction of sp³-hybridized carbons (Fsp3) is 0.292. The van der Waals surface area contributed by atoms with E-state index in [1.165, 1.54) is 4.90 Å². The lowest BCUT2D eigenvalue weighted by molar-refractivity contribution is -0.119. The molecule has 3 aromatic rings. The average molecular weight is 484 g/mol. The number of halogens is 1. The number of hydrogen-bond acceptors (Lipinski definition) is 4. The molecule has 1 saturated heterocycles. The molecule has 1 fully saturated rings. The highest BCUT2D eigenvalue weighted by atomic mass is 35.5. The monoisotopic (exact) mass is 483 g/mol. The summed E-state index contributed by atoms with van der Waals surface area (Å²) < 4.78 is 8.73. The van der Waals surface area contributed by atoms with Crippen molar-refractivity contribution in [3.8, 4) is 5.69 Å². The van der Waals surface area contributed by atoms with Crippen LogP contribution in [0.2, 0.25) is 5.02 Å². The highest BCUT2D eigenvalue weighted by Crippen LogP contribution is 2.24. The Bertz CT molecular complexity index is 1250. The third-order valence-corrected chi connectivity index (χ3v) is 6.24. The van der Waals surface area contributed by atoms with Gasteiger partial charge in [-0.2, -0.15) is 0 Å². The molecule has 0 bridgehead atoms. The van der Waals surface area contributed by atoms with Gasteiger partial charge in [0.05, 0.1) is 11.8 Å². The summed E-state index contributed by atoms with van der Waals surface area (Å²) in [6.45, 7) is 2.15. The molecule has 2 N–H and O–H groups in total. The van der Waals surface area contributed by atoms with Crippen LogP contribution in [0, 0.1) is 6.92 Å². The van der Waals surface area contributed by atoms with Gasteiger partial charge in [-0.25, -0.2) is 9.48 Å². The van der Waals surface area contributed by atoms with Gasteiger partial charge in [0.2, 0.25) is 5.91 Å². The number of rotatable bonds is 5. The molecule has 0 radical (unpaired) electrons. The SMILES string of the molecule is CO[C@@H]1C[C@H](C(=O)Nc2ccc(-n3c(=O)cc(C)n3C)cc2)N(C(=O)Nc2ccc(Cl)cc2)C1. The zero-order valence-corrected chi connectivity index (χ0v) is 19.9. The van der Waals surface area contributed by atoms with E-state index in [1.54, 1.807) is 71.1 Å². The van der Waals surface area contributed by atoms with Gasteiger partial charge in [-0.15, -0.1) is 0 Å². The Morgan fingerprint density at radius 3 is 2.24 bits per heavy atom. The van der Waals surface area contributed by atoms with Crippen LogP contribution in [0.1, 0.15) is 12.1 Å². The van der Waals surface area contributed by atoms with Gasteiger partial charge < -0.3 is 20.3 Å². The van der Waals surface area contributed by atoms with Crippen LogP contribution in [-0.2, 0) is 16.6 Å². The molecule has 0 aliphatic carbocycles. The van der Waals surface area contributed by atoms with Crippen LogP contribution in [-0.4, -0.2) is 52.0 Å². The molecule has 4 rings (SSSR count). The van der Waals surface area contributed by atoms with E-state index in [9.17, 15) is 14.4 Å². The van der Waals surface area contributed by atoms with Crippen LogP contribution >= 0.6 is 11.6 Å². The second kappa shape index (κ2) is 9.74. The topological polar surface area (TPSA) is 97.6 Å². The smallest absolute Gasteiger partial charge is 0.322 e. The van der Waals surface area contributed by atoms with E-state index >= 15 is 0 Å². The van der Waals surface area contributed by atoms with Crippen molar-refractivity contribution in [1.29, 1.82) is 0 Å². The number of amides is 3. The van der Waals surface area contributed by atoms with Crippen LogP contribution in [0.5, 0.6) is 0 Å². The Labute approximate surface area is 201 Å². The van der Waals surface area contributed by atoms with Crippen LogP contribution < -0.4 is 16.2 Å². The molecule has 0 saturated carbocycles. The van der Waals surface area contributed by atoms with E-state index in [0.717, 1.165) is 5.69 Å². The highest BCUT2D eigenvalue weighted by Gasteiger charge is 2.40. The molecule has 1 aliphatic heterocycles. The van der Waals surface area contributed by atoms with E-state index in [1.807, 2.05) is 14.0 Å². The molecule has 10 heteroatoms. The van der Waals surface area contributed by atoms with Gasteiger partial charge in [-0.05, 0) is 55.5 Å². The molecule has 1 aliphatic rings. The highest BCUT2D eigenvalue weighted by molar-refractivity contribution is 6.30. The lowest BCUT2D eigenvalue weighted by atomic mass is 10.1. The van der Waals surface area contributed by atoms with E-state index in [4.69, 9.17) is 16.3 Å². The summed E-state index contributed by atoms with van der Waals surface area (Å²) in [5.74, 6) is -0.314. The first-order valence-corrected chi connectivity index (χ1v) is 11.2. The number of urea groups is 1. The van der Waals surface area contributed by atoms with Gasteiger partial charge in [-0.1, -0.05) is 11.6 Å². The summed E-state index contributed by atoms with van der Waals surface area (Å²) in [7, 11) is 3.37. The van der Waals surface area contributed by atoms with Crippen LogP contribution in [0.4, 0.5) is 16.2 Å². The number of carbonyl (C=O) groups excluding carboxylic acids is 2. The van der Waals surface area contributed by atoms with Crippen molar-refractivity contribution in [1.82, 2.24) is 14.3 Å². The van der Waals surface area contributed by atoms with E-state index in [-0.39, 0.29) is 17.6 Å². The first-order chi connectivity index (χ1) is 16.3. The molecule has 0 spiro atoms. The number of methoxy groups -OCH3 is 1. The third kappa shape index (κ3) is 4.85. The molecule has 9 nitrogen and oxygen atoms in total. The zero-order valence-electron chi connectivity index (χ0n) is 19.1. The number of nitrogens with zero attached hydrogens (tertiary/aromatic N) is 3.